The van der Waals surface area contributed by atoms with Crippen LogP contribution in [-0.2, 0) is 0 Å². The Labute approximate surface area is 69.7 Å². The van der Waals surface area contributed by atoms with E-state index in [-0.39, 0.29) is 13.3 Å². The highest BCUT2D eigenvalue weighted by Crippen LogP contribution is 1.76. The predicted octanol–water partition coefficient (Wildman–Crippen LogP) is 4.49. The second-order valence-electron chi connectivity index (χ2n) is 1.26. The molecule has 0 saturated heterocycles. The van der Waals surface area contributed by atoms with Crippen LogP contribution in [-0.4, -0.2) is 0 Å². The molecule has 0 nitrogen and oxygen atoms in total. The van der Waals surface area contributed by atoms with Crippen LogP contribution in [0.2, 0.25) is 0 Å². The lowest BCUT2D eigenvalue weighted by molar-refractivity contribution is 0.886. The number of rotatable bonds is 1. The first-order chi connectivity index (χ1) is 6.68. The molecule has 0 heteroatoms. The quantitative estimate of drug-likeness (QED) is 0.508. The second-order valence-corrected chi connectivity index (χ2v) is 1.26. The summed E-state index contributed by atoms with van der Waals surface area (Å²) < 4.78 is 31.2. The van der Waals surface area contributed by atoms with E-state index in [1.807, 2.05) is 0 Å². The first-order valence-electron chi connectivity index (χ1n) is 6.68. The molecule has 0 bridgehead atoms. The van der Waals surface area contributed by atoms with Gasteiger partial charge in [-0.3, -0.25) is 0 Å². The minimum Gasteiger partial charge on any atom is -0.0776 e. The van der Waals surface area contributed by atoms with Crippen LogP contribution in [0.15, 0.2) is 0 Å². The first kappa shape index (κ1) is 5.76. The molecule has 0 aromatic rings. The van der Waals surface area contributed by atoms with Gasteiger partial charge in [0.15, 0.2) is 0 Å². The van der Waals surface area contributed by atoms with Crippen molar-refractivity contribution in [1.82, 2.24) is 0 Å². The van der Waals surface area contributed by atoms with Gasteiger partial charge in [-0.2, -0.15) is 0 Å². The van der Waals surface area contributed by atoms with Crippen molar-refractivity contribution in [3.05, 3.63) is 0 Å². The molecule has 0 fully saturated rings. The summed E-state index contributed by atoms with van der Waals surface area (Å²) in [5.41, 5.74) is 0. The average molecular weight is 144 g/mol. The third kappa shape index (κ3) is 288. The third-order valence-corrected chi connectivity index (χ3v) is 0.354. The first-order valence-corrected chi connectivity index (χ1v) is 2.69. The minimum absolute atomic E-state index is 0.199. The van der Waals surface area contributed by atoms with Crippen molar-refractivity contribution in [2.45, 2.75) is 61.7 Å². The van der Waals surface area contributed by atoms with Crippen LogP contribution in [0.25, 0.3) is 0 Å². The van der Waals surface area contributed by atoms with Gasteiger partial charge in [0.05, 0.1) is 0 Å². The van der Waals surface area contributed by atoms with Gasteiger partial charge in [0.25, 0.3) is 0 Å². The van der Waals surface area contributed by atoms with E-state index in [2.05, 4.69) is 6.92 Å². The van der Waals surface area contributed by atoms with Gasteiger partial charge in [-0.15, -0.1) is 0 Å². The Bertz CT molecular complexity index is 48.5. The summed E-state index contributed by atoms with van der Waals surface area (Å²) in [6.07, 6.45) is 2.01. The molecule has 0 aliphatic carbocycles. The van der Waals surface area contributed by atoms with Crippen LogP contribution >= 0.6 is 0 Å². The standard InChI is InChI=1S/C4H10.C3H8.2CH4/c1-3-4-2;1-3-2;;/h3-4H2,1-2H3;3H2,1-2H3;2*1H4/i1T;1T,3T;2*1T. The van der Waals surface area contributed by atoms with Crippen molar-refractivity contribution in [2.24, 2.45) is 0 Å². The Morgan fingerprint density at radius 3 is 1.67 bits per heavy atom. The topological polar surface area (TPSA) is 0 Å². The maximum absolute atomic E-state index is 6.64. The molecule has 0 rings (SSSR count). The lowest BCUT2D eigenvalue weighted by Gasteiger charge is -1.68. The van der Waals surface area contributed by atoms with E-state index in [1.165, 1.54) is 14.8 Å². The van der Waals surface area contributed by atoms with E-state index in [9.17, 15) is 0 Å². The van der Waals surface area contributed by atoms with Gasteiger partial charge in [0, 0.05) is 6.85 Å². The van der Waals surface area contributed by atoms with Crippen molar-refractivity contribution < 1.29 is 6.85 Å². The van der Waals surface area contributed by atoms with Crippen LogP contribution in [0.1, 0.15) is 68.5 Å². The van der Waals surface area contributed by atoms with Crippen molar-refractivity contribution in [3.8, 4) is 0 Å². The highest BCUT2D eigenvalue weighted by molar-refractivity contribution is 4.12. The fourth-order valence-corrected chi connectivity index (χ4v) is 0. The zero-order chi connectivity index (χ0) is 12.4. The predicted molar refractivity (Wildman–Crippen MR) is 50.0 cm³/mol. The molecule has 0 aliphatic rings. The Balaban J connectivity index is -0.0000000528. The molecule has 0 aliphatic heterocycles. The van der Waals surface area contributed by atoms with E-state index >= 15 is 0 Å². The van der Waals surface area contributed by atoms with E-state index in [0.29, 0.717) is 6.90 Å². The molecule has 0 radical (unpaired) electrons. The molecule has 0 aromatic carbocycles. The molecule has 0 aromatic heterocycles. The summed E-state index contributed by atoms with van der Waals surface area (Å²) in [5.74, 6) is 0. The van der Waals surface area contributed by atoms with Gasteiger partial charge >= 0.3 is 0 Å². The molecule has 0 spiro atoms. The number of hydrogen-bond donors (Lipinski definition) is 0. The molecule has 0 N–H and O–H groups in total. The molecule has 0 saturated carbocycles. The molecular formula is C9H26. The molecule has 1 unspecified atom stereocenters. The van der Waals surface area contributed by atoms with Crippen molar-refractivity contribution >= 4 is 0 Å². The molecule has 1 atom stereocenters. The largest absolute Gasteiger partial charge is 0.0776 e. The van der Waals surface area contributed by atoms with E-state index in [4.69, 9.17) is 6.85 Å². The van der Waals surface area contributed by atoms with Crippen molar-refractivity contribution in [3.63, 3.8) is 0 Å². The van der Waals surface area contributed by atoms with Gasteiger partial charge < -0.3 is 0 Å². The number of unbranched alkanes of at least 4 members (excludes halogenated alkanes) is 1. The van der Waals surface area contributed by atoms with E-state index in [0.717, 1.165) is 12.8 Å². The van der Waals surface area contributed by atoms with Crippen molar-refractivity contribution in [1.29, 1.82) is 0 Å². The molecule has 62 valence electrons. The minimum atomic E-state index is -0.199. The summed E-state index contributed by atoms with van der Waals surface area (Å²) in [5, 5.41) is 0. The normalized spacial score (nSPS) is 14.9. The lowest BCUT2D eigenvalue weighted by Crippen LogP contribution is -1.47. The zero-order valence-electron chi connectivity index (χ0n) is 12.4. The molecule has 0 amide bonds. The Hall–Kier alpha value is 0. The summed E-state index contributed by atoms with van der Waals surface area (Å²) in [6.45, 7) is 4.61. The monoisotopic (exact) mass is 144 g/mol. The zero-order valence-corrected chi connectivity index (χ0v) is 7.41. The highest BCUT2D eigenvalue weighted by Gasteiger charge is 1.56. The molecule has 0 heterocycles. The molecular weight excluding hydrogens is 108 g/mol. The van der Waals surface area contributed by atoms with Crippen LogP contribution < -0.4 is 0 Å². The van der Waals surface area contributed by atoms with Gasteiger partial charge in [-0.05, 0) is 0 Å². The summed E-state index contributed by atoms with van der Waals surface area (Å²) in [7, 11) is 2.50. The Morgan fingerprint density at radius 2 is 1.67 bits per heavy atom. The number of hydrogen-bond acceptors (Lipinski definition) is 0. The van der Waals surface area contributed by atoms with Gasteiger partial charge in [0.1, 0.15) is 0 Å². The van der Waals surface area contributed by atoms with Crippen LogP contribution in [0.4, 0.5) is 0 Å². The van der Waals surface area contributed by atoms with Crippen LogP contribution in [0.3, 0.4) is 0 Å². The Kier molecular flexibility index (Phi) is 27.9. The van der Waals surface area contributed by atoms with Gasteiger partial charge in [0.2, 0.25) is 0 Å². The fourth-order valence-electron chi connectivity index (χ4n) is 0. The summed E-state index contributed by atoms with van der Waals surface area (Å²) >= 11 is 0. The van der Waals surface area contributed by atoms with Crippen LogP contribution in [0, 0.1) is 0 Å². The lowest BCUT2D eigenvalue weighted by atomic mass is 10.4. The second kappa shape index (κ2) is 43.6. The Morgan fingerprint density at radius 1 is 1.22 bits per heavy atom. The fraction of sp³-hybridized carbons (Fsp3) is 1.00. The maximum Gasteiger partial charge on any atom is 0.0261 e. The highest BCUT2D eigenvalue weighted by atomic mass is 13.6. The van der Waals surface area contributed by atoms with E-state index in [1.54, 1.807) is 6.92 Å². The smallest absolute Gasteiger partial charge is 0.0261 e. The maximum atomic E-state index is 6.64. The third-order valence-electron chi connectivity index (χ3n) is 0.354. The van der Waals surface area contributed by atoms with Crippen molar-refractivity contribution in [2.75, 3.05) is 0 Å². The van der Waals surface area contributed by atoms with Crippen LogP contribution in [0.5, 0.6) is 0 Å². The summed E-state index contributed by atoms with van der Waals surface area (Å²) in [6, 6.07) is 0. The van der Waals surface area contributed by atoms with E-state index < -0.39 is 0 Å². The van der Waals surface area contributed by atoms with Gasteiger partial charge in [-0.25, -0.2) is 0 Å². The average Bonchev–Trinajstić information content (AvgIpc) is 2.26. The SMILES string of the molecule is [3H]C.[3H]C.[3H]CC([3H])C.[3H]CCCC. The summed E-state index contributed by atoms with van der Waals surface area (Å²) in [4.78, 5) is 0. The molecule has 9 heavy (non-hydrogen) atoms. The van der Waals surface area contributed by atoms with Gasteiger partial charge in [-0.1, -0.05) is 61.7 Å².